The van der Waals surface area contributed by atoms with Gasteiger partial charge in [0, 0.05) is 52.2 Å². The first-order valence-corrected chi connectivity index (χ1v) is 16.1. The molecule has 2 saturated heterocycles. The van der Waals surface area contributed by atoms with E-state index in [1.54, 1.807) is 11.0 Å². The van der Waals surface area contributed by atoms with Crippen LogP contribution in [0.25, 0.3) is 0 Å². The van der Waals surface area contributed by atoms with Crippen molar-refractivity contribution < 1.29 is 44.3 Å². The number of sulfonamides is 1. The minimum atomic E-state index is -5.07. The van der Waals surface area contributed by atoms with Crippen LogP contribution >= 0.6 is 0 Å². The van der Waals surface area contributed by atoms with Gasteiger partial charge in [-0.2, -0.15) is 30.6 Å². The second-order valence-corrected chi connectivity index (χ2v) is 14.2. The van der Waals surface area contributed by atoms with Gasteiger partial charge < -0.3 is 14.7 Å². The Hall–Kier alpha value is -3.33. The zero-order valence-electron chi connectivity index (χ0n) is 25.5. The molecule has 248 valence electrons. The van der Waals surface area contributed by atoms with E-state index in [4.69, 9.17) is 0 Å². The molecule has 2 atom stereocenters. The average molecular weight is 663 g/mol. The third-order valence-electron chi connectivity index (χ3n) is 8.79. The zero-order chi connectivity index (χ0) is 33.7. The van der Waals surface area contributed by atoms with Gasteiger partial charge in [0.2, 0.25) is 15.9 Å². The van der Waals surface area contributed by atoms with Gasteiger partial charge in [-0.15, -0.1) is 0 Å². The van der Waals surface area contributed by atoms with Crippen molar-refractivity contribution in [2.75, 3.05) is 52.6 Å². The molecule has 3 amide bonds. The van der Waals surface area contributed by atoms with Gasteiger partial charge in [0.05, 0.1) is 28.8 Å². The number of nitrogens with zero attached hydrogens (tertiary/aromatic N) is 4. The lowest BCUT2D eigenvalue weighted by Crippen LogP contribution is -2.54. The number of amides is 3. The summed E-state index contributed by atoms with van der Waals surface area (Å²) >= 11 is 0. The van der Waals surface area contributed by atoms with Crippen LogP contribution in [0.5, 0.6) is 0 Å². The normalized spacial score (nSPS) is 20.4. The Kier molecular flexibility index (Phi) is 9.30. The van der Waals surface area contributed by atoms with Crippen molar-refractivity contribution in [3.63, 3.8) is 0 Å². The van der Waals surface area contributed by atoms with Crippen LogP contribution in [0.15, 0.2) is 42.5 Å². The fraction of sp³-hybridized carbons (Fsp3) is 0.533. The highest BCUT2D eigenvalue weighted by Gasteiger charge is 2.46. The summed E-state index contributed by atoms with van der Waals surface area (Å²) in [4.78, 5) is 32.0. The van der Waals surface area contributed by atoms with Crippen LogP contribution in [-0.4, -0.2) is 98.0 Å². The summed E-state index contributed by atoms with van der Waals surface area (Å²) in [5.41, 5.74) is -3.54. The molecule has 15 heteroatoms. The monoisotopic (exact) mass is 662 g/mol. The molecule has 0 saturated carbocycles. The molecule has 2 aromatic rings. The van der Waals surface area contributed by atoms with Crippen molar-refractivity contribution in [2.45, 2.75) is 50.5 Å². The van der Waals surface area contributed by atoms with Crippen molar-refractivity contribution >= 4 is 22.0 Å². The first-order valence-electron chi connectivity index (χ1n) is 14.2. The summed E-state index contributed by atoms with van der Waals surface area (Å²) in [7, 11) is -1.98. The molecule has 2 heterocycles. The Morgan fingerprint density at radius 3 is 1.82 bits per heavy atom. The second-order valence-electron chi connectivity index (χ2n) is 12.2. The number of carbonyl (C=O) groups is 2. The quantitative estimate of drug-likeness (QED) is 0.426. The van der Waals surface area contributed by atoms with Gasteiger partial charge in [-0.3, -0.25) is 4.79 Å². The van der Waals surface area contributed by atoms with Crippen LogP contribution in [0.2, 0.25) is 0 Å². The molecular formula is C30H36F6N4O4S. The topological polar surface area (TPSA) is 81.2 Å². The number of aryl methyl sites for hydroxylation is 1. The molecule has 0 aliphatic carbocycles. The highest BCUT2D eigenvalue weighted by molar-refractivity contribution is 7.88. The van der Waals surface area contributed by atoms with E-state index >= 15 is 0 Å². The molecular weight excluding hydrogens is 626 g/mol. The van der Waals surface area contributed by atoms with Gasteiger partial charge in [0.1, 0.15) is 0 Å². The Labute approximate surface area is 258 Å². The number of hydrogen-bond acceptors (Lipinski definition) is 4. The van der Waals surface area contributed by atoms with E-state index in [9.17, 15) is 44.3 Å². The van der Waals surface area contributed by atoms with Gasteiger partial charge in [-0.1, -0.05) is 24.3 Å². The van der Waals surface area contributed by atoms with Crippen LogP contribution in [0.1, 0.15) is 47.6 Å². The number of alkyl halides is 6. The first kappa shape index (κ1) is 34.5. The van der Waals surface area contributed by atoms with Gasteiger partial charge >= 0.3 is 18.4 Å². The molecule has 8 nitrogen and oxygen atoms in total. The maximum Gasteiger partial charge on any atom is 0.416 e. The van der Waals surface area contributed by atoms with Crippen LogP contribution in [0.3, 0.4) is 0 Å². The zero-order valence-corrected chi connectivity index (χ0v) is 26.4. The molecule has 45 heavy (non-hydrogen) atoms. The van der Waals surface area contributed by atoms with E-state index in [0.29, 0.717) is 12.1 Å². The standard InChI is InChI=1S/C30H36F6N4O4S/c1-19-8-6-7-9-23(19)24-17-39(27(42)38-10-12-40(13-11-38)45(5,43)44)18-25(24)37(4)26(41)28(2,3)20-14-21(29(31,32)33)16-22(15-20)30(34,35)36/h6-9,14-16,24-25H,10-13,17-18H2,1-5H3. The van der Waals surface area contributed by atoms with E-state index in [1.807, 2.05) is 25.1 Å². The number of likely N-dealkylation sites (tertiary alicyclic amines) is 1. The third kappa shape index (κ3) is 7.24. The number of likely N-dealkylation sites (N-methyl/N-ethyl adjacent to an activating group) is 1. The number of benzene rings is 2. The van der Waals surface area contributed by atoms with E-state index in [2.05, 4.69) is 0 Å². The lowest BCUT2D eigenvalue weighted by Gasteiger charge is -2.37. The van der Waals surface area contributed by atoms with Gasteiger partial charge in [-0.05, 0) is 55.7 Å². The largest absolute Gasteiger partial charge is 0.416 e. The maximum absolute atomic E-state index is 14.0. The first-order chi connectivity index (χ1) is 20.6. The molecule has 0 spiro atoms. The van der Waals surface area contributed by atoms with E-state index in [0.717, 1.165) is 17.4 Å². The smallest absolute Gasteiger partial charge is 0.340 e. The van der Waals surface area contributed by atoms with Crippen molar-refractivity contribution in [1.82, 2.24) is 19.0 Å². The third-order valence-corrected chi connectivity index (χ3v) is 10.1. The Bertz CT molecular complexity index is 1520. The molecule has 2 aliphatic rings. The van der Waals surface area contributed by atoms with Gasteiger partial charge in [-0.25, -0.2) is 13.2 Å². The van der Waals surface area contributed by atoms with E-state index < -0.39 is 62.3 Å². The fourth-order valence-electron chi connectivity index (χ4n) is 6.09. The van der Waals surface area contributed by atoms with Crippen LogP contribution in [0, 0.1) is 6.92 Å². The Morgan fingerprint density at radius 2 is 1.33 bits per heavy atom. The number of carbonyl (C=O) groups excluding carboxylic acids is 2. The predicted octanol–water partition coefficient (Wildman–Crippen LogP) is 4.93. The molecule has 2 unspecified atom stereocenters. The van der Waals surface area contributed by atoms with Crippen LogP contribution in [-0.2, 0) is 32.6 Å². The minimum Gasteiger partial charge on any atom is -0.340 e. The average Bonchev–Trinajstić information content (AvgIpc) is 3.40. The Morgan fingerprint density at radius 1 is 0.822 bits per heavy atom. The molecule has 4 rings (SSSR count). The summed E-state index contributed by atoms with van der Waals surface area (Å²) in [6.45, 7) is 5.28. The lowest BCUT2D eigenvalue weighted by atomic mass is 9.80. The minimum absolute atomic E-state index is 0.0260. The molecule has 2 fully saturated rings. The van der Waals surface area contributed by atoms with Crippen molar-refractivity contribution in [1.29, 1.82) is 0 Å². The lowest BCUT2D eigenvalue weighted by molar-refractivity contribution is -0.144. The molecule has 0 aromatic heterocycles. The molecule has 2 aromatic carbocycles. The predicted molar refractivity (Wildman–Crippen MR) is 155 cm³/mol. The number of halogens is 6. The van der Waals surface area contributed by atoms with Gasteiger partial charge in [0.25, 0.3) is 0 Å². The number of urea groups is 1. The summed E-state index contributed by atoms with van der Waals surface area (Å²) in [6.07, 6.45) is -9.05. The van der Waals surface area contributed by atoms with Crippen LogP contribution < -0.4 is 0 Å². The summed E-state index contributed by atoms with van der Waals surface area (Å²) < 4.78 is 107. The summed E-state index contributed by atoms with van der Waals surface area (Å²) in [5.74, 6) is -1.13. The van der Waals surface area contributed by atoms with Gasteiger partial charge in [0.15, 0.2) is 0 Å². The van der Waals surface area contributed by atoms with E-state index in [-0.39, 0.29) is 51.4 Å². The molecule has 0 radical (unpaired) electrons. The number of rotatable bonds is 5. The van der Waals surface area contributed by atoms with Crippen LogP contribution in [0.4, 0.5) is 31.1 Å². The van der Waals surface area contributed by atoms with E-state index in [1.165, 1.54) is 35.0 Å². The summed E-state index contributed by atoms with van der Waals surface area (Å²) in [6, 6.07) is 7.52. The SMILES string of the molecule is Cc1ccccc1C1CN(C(=O)N2CCN(S(C)(=O)=O)CC2)CC1N(C)C(=O)C(C)(C)c1cc(C(F)(F)F)cc(C(F)(F)F)c1. The molecule has 0 bridgehead atoms. The maximum atomic E-state index is 14.0. The highest BCUT2D eigenvalue weighted by atomic mass is 32.2. The Balaban J connectivity index is 1.66. The van der Waals surface area contributed by atoms with Crippen molar-refractivity contribution in [3.05, 3.63) is 70.3 Å². The fourth-order valence-corrected chi connectivity index (χ4v) is 6.91. The van der Waals surface area contributed by atoms with Crippen molar-refractivity contribution in [2.24, 2.45) is 0 Å². The molecule has 2 aliphatic heterocycles. The number of hydrogen-bond donors (Lipinski definition) is 0. The highest BCUT2D eigenvalue weighted by Crippen LogP contribution is 2.41. The molecule has 0 N–H and O–H groups in total. The van der Waals surface area contributed by atoms with Crippen molar-refractivity contribution in [3.8, 4) is 0 Å². The summed E-state index contributed by atoms with van der Waals surface area (Å²) in [5, 5.41) is 0. The second kappa shape index (κ2) is 12.1. The number of piperazine rings is 1.